The summed E-state index contributed by atoms with van der Waals surface area (Å²) >= 11 is 0. The predicted octanol–water partition coefficient (Wildman–Crippen LogP) is 1.53. The number of fused-ring (bicyclic) bond motifs is 1. The molecule has 3 aromatic rings. The Morgan fingerprint density at radius 1 is 1.30 bits per heavy atom. The second-order valence-electron chi connectivity index (χ2n) is 9.40. The van der Waals surface area contributed by atoms with Gasteiger partial charge in [-0.15, -0.1) is 0 Å². The second kappa shape index (κ2) is 11.9. The number of esters is 1. The molecule has 0 amide bonds. The fourth-order valence-electron chi connectivity index (χ4n) is 4.31. The number of hydrogen-bond donors (Lipinski definition) is 4. The van der Waals surface area contributed by atoms with Crippen molar-refractivity contribution in [3.05, 3.63) is 54.5 Å². The van der Waals surface area contributed by atoms with Gasteiger partial charge in [0.15, 0.2) is 5.82 Å². The molecule has 6 atom stereocenters. The minimum atomic E-state index is -4.33. The Kier molecular flexibility index (Phi) is 8.74. The quantitative estimate of drug-likeness (QED) is 0.190. The van der Waals surface area contributed by atoms with Crippen molar-refractivity contribution in [3.63, 3.8) is 0 Å². The van der Waals surface area contributed by atoms with Crippen LogP contribution in [0.1, 0.15) is 26.5 Å². The van der Waals surface area contributed by atoms with E-state index in [2.05, 4.69) is 15.2 Å². The number of nitrogens with zero attached hydrogens (tertiary/aromatic N) is 4. The van der Waals surface area contributed by atoms with Crippen LogP contribution in [0.4, 0.5) is 5.82 Å². The predicted molar refractivity (Wildman–Crippen MR) is 141 cm³/mol. The van der Waals surface area contributed by atoms with Gasteiger partial charge in [-0.05, 0) is 37.1 Å². The van der Waals surface area contributed by atoms with Crippen LogP contribution in [0, 0.1) is 17.2 Å². The molecule has 15 heteroatoms. The van der Waals surface area contributed by atoms with E-state index in [1.807, 2.05) is 6.07 Å². The van der Waals surface area contributed by atoms with E-state index < -0.39 is 50.3 Å². The number of carbonyl (C=O) groups is 1. The highest BCUT2D eigenvalue weighted by Gasteiger charge is 2.58. The average Bonchev–Trinajstić information content (AvgIpc) is 3.47. The zero-order chi connectivity index (χ0) is 29.1. The first-order valence-electron chi connectivity index (χ1n) is 12.5. The summed E-state index contributed by atoms with van der Waals surface area (Å²) in [6, 6.07) is 12.0. The summed E-state index contributed by atoms with van der Waals surface area (Å²) in [5.41, 5.74) is 4.27. The molecule has 1 aromatic carbocycles. The van der Waals surface area contributed by atoms with E-state index in [9.17, 15) is 24.8 Å². The third kappa shape index (κ3) is 5.66. The van der Waals surface area contributed by atoms with Gasteiger partial charge in [-0.2, -0.15) is 15.4 Å². The minimum absolute atomic E-state index is 0.0946. The Labute approximate surface area is 230 Å². The molecule has 1 unspecified atom stereocenters. The van der Waals surface area contributed by atoms with Crippen LogP contribution in [0.15, 0.2) is 48.8 Å². The fraction of sp³-hybridized carbons (Fsp3) is 0.440. The van der Waals surface area contributed by atoms with Crippen LogP contribution < -0.4 is 15.3 Å². The van der Waals surface area contributed by atoms with Gasteiger partial charge in [0.25, 0.3) is 0 Å². The van der Waals surface area contributed by atoms with E-state index >= 15 is 0 Å². The van der Waals surface area contributed by atoms with Gasteiger partial charge >= 0.3 is 13.7 Å². The van der Waals surface area contributed by atoms with Gasteiger partial charge in [0.05, 0.1) is 18.9 Å². The third-order valence-electron chi connectivity index (χ3n) is 6.37. The molecule has 1 fully saturated rings. The Hall–Kier alpha value is -3.57. The van der Waals surface area contributed by atoms with Crippen molar-refractivity contribution in [3.8, 4) is 11.8 Å². The maximum absolute atomic E-state index is 14.0. The van der Waals surface area contributed by atoms with Gasteiger partial charge in [-0.25, -0.2) is 14.1 Å². The molecule has 0 bridgehead atoms. The molecule has 214 valence electrons. The lowest BCUT2D eigenvalue weighted by Gasteiger charge is -2.27. The summed E-state index contributed by atoms with van der Waals surface area (Å²) in [6.07, 6.45) is -3.55. The number of aromatic nitrogens is 3. The van der Waals surface area contributed by atoms with Gasteiger partial charge in [-0.3, -0.25) is 9.32 Å². The lowest BCUT2D eigenvalue weighted by atomic mass is 9.92. The molecule has 0 aliphatic carbocycles. The Morgan fingerprint density at radius 3 is 2.67 bits per heavy atom. The SMILES string of the molecule is CCOC(=O)[C@@H](NP(=O)(OC[C@H]1O[C@](C#N)(c2ccc3c(N)ncnn23)[C@H](O)[C@@H]1O)Oc1ccccc1)C(C)C. The monoisotopic (exact) mass is 574 g/mol. The number of rotatable bonds is 11. The number of nitrogen functional groups attached to an aromatic ring is 1. The summed E-state index contributed by atoms with van der Waals surface area (Å²) in [5, 5.41) is 38.7. The maximum atomic E-state index is 14.0. The lowest BCUT2D eigenvalue weighted by Crippen LogP contribution is -2.42. The summed E-state index contributed by atoms with van der Waals surface area (Å²) in [5.74, 6) is -0.709. The van der Waals surface area contributed by atoms with E-state index in [4.69, 9.17) is 24.3 Å². The van der Waals surface area contributed by atoms with Gasteiger partial charge in [0.1, 0.15) is 48.0 Å². The smallest absolute Gasteiger partial charge is 0.459 e. The van der Waals surface area contributed by atoms with Crippen LogP contribution >= 0.6 is 7.75 Å². The van der Waals surface area contributed by atoms with Crippen molar-refractivity contribution in [2.45, 2.75) is 50.7 Å². The Bertz CT molecular complexity index is 1430. The van der Waals surface area contributed by atoms with Crippen LogP contribution in [0.3, 0.4) is 0 Å². The average molecular weight is 575 g/mol. The first-order valence-corrected chi connectivity index (χ1v) is 14.1. The number of benzene rings is 1. The molecular weight excluding hydrogens is 543 g/mol. The van der Waals surface area contributed by atoms with Gasteiger partial charge in [0, 0.05) is 0 Å². The minimum Gasteiger partial charge on any atom is -0.465 e. The maximum Gasteiger partial charge on any atom is 0.459 e. The van der Waals surface area contributed by atoms with E-state index in [0.717, 1.165) is 0 Å². The number of ether oxygens (including phenoxy) is 2. The summed E-state index contributed by atoms with van der Waals surface area (Å²) in [4.78, 5) is 16.5. The molecule has 3 heterocycles. The first kappa shape index (κ1) is 29.4. The van der Waals surface area contributed by atoms with Gasteiger partial charge in [-0.1, -0.05) is 32.0 Å². The first-order chi connectivity index (χ1) is 19.0. The molecule has 0 spiro atoms. The molecule has 0 radical (unpaired) electrons. The van der Waals surface area contributed by atoms with E-state index in [1.165, 1.54) is 16.9 Å². The number of nitrogens with one attached hydrogen (secondary N) is 1. The van der Waals surface area contributed by atoms with Crippen LogP contribution in [-0.2, 0) is 29.0 Å². The number of aliphatic hydroxyl groups excluding tert-OH is 2. The zero-order valence-corrected chi connectivity index (χ0v) is 23.0. The molecule has 40 heavy (non-hydrogen) atoms. The number of para-hydroxylation sites is 1. The highest BCUT2D eigenvalue weighted by Crippen LogP contribution is 2.47. The van der Waals surface area contributed by atoms with E-state index in [0.29, 0.717) is 5.52 Å². The van der Waals surface area contributed by atoms with Gasteiger partial charge < -0.3 is 29.9 Å². The Morgan fingerprint density at radius 2 is 2.02 bits per heavy atom. The van der Waals surface area contributed by atoms with E-state index in [1.54, 1.807) is 57.2 Å². The van der Waals surface area contributed by atoms with Crippen molar-refractivity contribution in [2.75, 3.05) is 18.9 Å². The number of carbonyl (C=O) groups excluding carboxylic acids is 1. The van der Waals surface area contributed by atoms with Crippen molar-refractivity contribution in [2.24, 2.45) is 5.92 Å². The highest BCUT2D eigenvalue weighted by atomic mass is 31.2. The summed E-state index contributed by atoms with van der Waals surface area (Å²) < 4.78 is 37.6. The third-order valence-corrected chi connectivity index (χ3v) is 7.90. The lowest BCUT2D eigenvalue weighted by molar-refractivity contribution is -0.146. The molecular formula is C25H31N6O8P. The van der Waals surface area contributed by atoms with Gasteiger partial charge in [0.2, 0.25) is 5.60 Å². The zero-order valence-electron chi connectivity index (χ0n) is 22.1. The molecule has 1 saturated heterocycles. The summed E-state index contributed by atoms with van der Waals surface area (Å²) in [6.45, 7) is 4.61. The molecule has 2 aromatic heterocycles. The van der Waals surface area contributed by atoms with Crippen molar-refractivity contribution in [1.82, 2.24) is 19.7 Å². The van der Waals surface area contributed by atoms with E-state index in [-0.39, 0.29) is 29.8 Å². The second-order valence-corrected chi connectivity index (χ2v) is 11.1. The largest absolute Gasteiger partial charge is 0.465 e. The molecule has 5 N–H and O–H groups in total. The summed E-state index contributed by atoms with van der Waals surface area (Å²) in [7, 11) is -4.33. The van der Waals surface area contributed by atoms with Crippen molar-refractivity contribution in [1.29, 1.82) is 5.26 Å². The number of nitrogens with two attached hydrogens (primary N) is 1. The van der Waals surface area contributed by atoms with Crippen LogP contribution in [-0.4, -0.2) is 68.3 Å². The standard InChI is InChI=1S/C25H31N6O8P/c1-4-36-24(34)20(15(2)3)30-40(35,39-16-8-6-5-7-9-16)37-12-18-21(32)22(33)25(13-26,38-18)19-11-10-17-23(27)28-14-29-31(17)19/h5-11,14-15,18,20-22,32-33H,4,12H2,1-3H3,(H,30,35)(H2,27,28,29)/t18-,20+,21-,22-,25-,40?/m1/s1. The molecule has 0 saturated carbocycles. The Balaban J connectivity index is 1.61. The topological polar surface area (TPSA) is 204 Å². The van der Waals surface area contributed by atoms with Crippen LogP contribution in [0.25, 0.3) is 5.52 Å². The number of nitriles is 1. The highest BCUT2D eigenvalue weighted by molar-refractivity contribution is 7.52. The molecule has 4 rings (SSSR count). The van der Waals surface area contributed by atoms with Crippen LogP contribution in [0.2, 0.25) is 0 Å². The number of anilines is 1. The normalized spacial score (nSPS) is 24.9. The molecule has 1 aliphatic heterocycles. The fourth-order valence-corrected chi connectivity index (χ4v) is 5.97. The number of aliphatic hydroxyl groups is 2. The number of hydrogen-bond acceptors (Lipinski definition) is 12. The van der Waals surface area contributed by atoms with Crippen LogP contribution in [0.5, 0.6) is 5.75 Å². The van der Waals surface area contributed by atoms with Crippen molar-refractivity contribution < 1.29 is 38.1 Å². The van der Waals surface area contributed by atoms with Crippen molar-refractivity contribution >= 4 is 25.1 Å². The molecule has 14 nitrogen and oxygen atoms in total. The molecule has 1 aliphatic rings.